The topological polar surface area (TPSA) is 72.2 Å². The fourth-order valence-electron chi connectivity index (χ4n) is 2.14. The number of nitro benzene ring substituents is 1. The minimum absolute atomic E-state index is 0.0538. The maximum atomic E-state index is 12.2. The number of halogens is 1. The van der Waals surface area contributed by atoms with Gasteiger partial charge < -0.3 is 5.32 Å². The lowest BCUT2D eigenvalue weighted by Gasteiger charge is -2.31. The van der Waals surface area contributed by atoms with Crippen LogP contribution in [-0.4, -0.2) is 16.9 Å². The summed E-state index contributed by atoms with van der Waals surface area (Å²) >= 11 is 2.02. The molecule has 19 heavy (non-hydrogen) atoms. The standard InChI is InChI=1S/C13H15IN2O3/c1-8(9-3-2-4-9)15-13(17)11-7-10(16(18)19)5-6-12(11)14/h5-9H,2-4H2,1H3,(H,15,17). The van der Waals surface area contributed by atoms with E-state index in [4.69, 9.17) is 0 Å². The van der Waals surface area contributed by atoms with Crippen LogP contribution < -0.4 is 5.32 Å². The Morgan fingerprint density at radius 2 is 2.21 bits per heavy atom. The summed E-state index contributed by atoms with van der Waals surface area (Å²) < 4.78 is 0.724. The van der Waals surface area contributed by atoms with Crippen molar-refractivity contribution in [3.05, 3.63) is 37.4 Å². The van der Waals surface area contributed by atoms with E-state index >= 15 is 0 Å². The Kier molecular flexibility index (Phi) is 4.38. The highest BCUT2D eigenvalue weighted by Gasteiger charge is 2.26. The van der Waals surface area contributed by atoms with Crippen molar-refractivity contribution in [3.63, 3.8) is 0 Å². The first kappa shape index (κ1) is 14.2. The monoisotopic (exact) mass is 374 g/mol. The average molecular weight is 374 g/mol. The van der Waals surface area contributed by atoms with Gasteiger partial charge in [0.1, 0.15) is 0 Å². The Bertz CT molecular complexity index is 515. The van der Waals surface area contributed by atoms with E-state index in [0.717, 1.165) is 16.4 Å². The minimum Gasteiger partial charge on any atom is -0.349 e. The van der Waals surface area contributed by atoms with Gasteiger partial charge in [0.15, 0.2) is 0 Å². The molecule has 1 saturated carbocycles. The number of carbonyl (C=O) groups is 1. The molecule has 1 aromatic rings. The Balaban J connectivity index is 2.13. The first-order valence-corrected chi connectivity index (χ1v) is 7.31. The van der Waals surface area contributed by atoms with Crippen LogP contribution in [0.2, 0.25) is 0 Å². The summed E-state index contributed by atoms with van der Waals surface area (Å²) in [4.78, 5) is 22.4. The van der Waals surface area contributed by atoms with Gasteiger partial charge in [-0.25, -0.2) is 0 Å². The first-order chi connectivity index (χ1) is 8.99. The third-order valence-corrected chi connectivity index (χ3v) is 4.56. The van der Waals surface area contributed by atoms with Crippen LogP contribution in [-0.2, 0) is 0 Å². The quantitative estimate of drug-likeness (QED) is 0.500. The fraction of sp³-hybridized carbons (Fsp3) is 0.462. The van der Waals surface area contributed by atoms with E-state index in [1.54, 1.807) is 6.07 Å². The summed E-state index contributed by atoms with van der Waals surface area (Å²) in [6, 6.07) is 4.47. The number of nitrogens with one attached hydrogen (secondary N) is 1. The summed E-state index contributed by atoms with van der Waals surface area (Å²) in [5, 5.41) is 13.7. The smallest absolute Gasteiger partial charge is 0.270 e. The van der Waals surface area contributed by atoms with E-state index < -0.39 is 4.92 Å². The lowest BCUT2D eigenvalue weighted by Crippen LogP contribution is -2.40. The molecule has 102 valence electrons. The maximum Gasteiger partial charge on any atom is 0.270 e. The van der Waals surface area contributed by atoms with Crippen LogP contribution in [0.3, 0.4) is 0 Å². The molecule has 1 atom stereocenters. The number of nitrogens with zero attached hydrogens (tertiary/aromatic N) is 1. The molecular weight excluding hydrogens is 359 g/mol. The zero-order chi connectivity index (χ0) is 14.0. The zero-order valence-corrected chi connectivity index (χ0v) is 12.7. The third-order valence-electron chi connectivity index (χ3n) is 3.62. The molecule has 0 aromatic heterocycles. The van der Waals surface area contributed by atoms with E-state index in [9.17, 15) is 14.9 Å². The van der Waals surface area contributed by atoms with E-state index in [1.807, 2.05) is 29.5 Å². The maximum absolute atomic E-state index is 12.2. The summed E-state index contributed by atoms with van der Waals surface area (Å²) in [6.07, 6.45) is 3.51. The number of hydrogen-bond acceptors (Lipinski definition) is 3. The molecule has 0 saturated heterocycles. The van der Waals surface area contributed by atoms with Gasteiger partial charge >= 0.3 is 0 Å². The van der Waals surface area contributed by atoms with Crippen LogP contribution in [0, 0.1) is 19.6 Å². The molecule has 2 rings (SSSR count). The number of non-ortho nitro benzene ring substituents is 1. The molecule has 0 bridgehead atoms. The molecule has 0 spiro atoms. The highest BCUT2D eigenvalue weighted by Crippen LogP contribution is 2.29. The van der Waals surface area contributed by atoms with Gasteiger partial charge in [0.25, 0.3) is 11.6 Å². The second-order valence-corrected chi connectivity index (χ2v) is 6.04. The molecule has 0 radical (unpaired) electrons. The van der Waals surface area contributed by atoms with Gasteiger partial charge in [0.05, 0.1) is 10.5 Å². The molecule has 1 amide bonds. The fourth-order valence-corrected chi connectivity index (χ4v) is 2.72. The average Bonchev–Trinajstić information content (AvgIpc) is 2.26. The van der Waals surface area contributed by atoms with Crippen LogP contribution in [0.4, 0.5) is 5.69 Å². The summed E-state index contributed by atoms with van der Waals surface area (Å²) in [5.41, 5.74) is 0.322. The Labute approximate surface area is 125 Å². The lowest BCUT2D eigenvalue weighted by molar-refractivity contribution is -0.384. The number of amides is 1. The highest BCUT2D eigenvalue weighted by atomic mass is 127. The Morgan fingerprint density at radius 1 is 1.53 bits per heavy atom. The number of benzene rings is 1. The number of nitro groups is 1. The molecular formula is C13H15IN2O3. The van der Waals surface area contributed by atoms with Gasteiger partial charge in [-0.3, -0.25) is 14.9 Å². The van der Waals surface area contributed by atoms with Crippen molar-refractivity contribution < 1.29 is 9.72 Å². The summed E-state index contributed by atoms with van der Waals surface area (Å²) in [7, 11) is 0. The molecule has 5 nitrogen and oxygen atoms in total. The van der Waals surface area contributed by atoms with Crippen molar-refractivity contribution in [2.45, 2.75) is 32.2 Å². The van der Waals surface area contributed by atoms with E-state index in [-0.39, 0.29) is 17.6 Å². The molecule has 1 N–H and O–H groups in total. The second kappa shape index (κ2) is 5.85. The van der Waals surface area contributed by atoms with E-state index in [2.05, 4.69) is 5.32 Å². The highest BCUT2D eigenvalue weighted by molar-refractivity contribution is 14.1. The van der Waals surface area contributed by atoms with Gasteiger partial charge in [-0.1, -0.05) is 6.42 Å². The van der Waals surface area contributed by atoms with E-state index in [0.29, 0.717) is 11.5 Å². The predicted molar refractivity (Wildman–Crippen MR) is 80.1 cm³/mol. The lowest BCUT2D eigenvalue weighted by atomic mass is 9.80. The Hall–Kier alpha value is -1.18. The van der Waals surface area contributed by atoms with Crippen molar-refractivity contribution in [2.24, 2.45) is 5.92 Å². The van der Waals surface area contributed by atoms with Crippen molar-refractivity contribution in [3.8, 4) is 0 Å². The first-order valence-electron chi connectivity index (χ1n) is 6.24. The van der Waals surface area contributed by atoms with Crippen molar-refractivity contribution in [1.29, 1.82) is 0 Å². The van der Waals surface area contributed by atoms with Crippen LogP contribution in [0.15, 0.2) is 18.2 Å². The molecule has 1 unspecified atom stereocenters. The normalized spacial score (nSPS) is 16.5. The number of rotatable bonds is 4. The molecule has 6 heteroatoms. The molecule has 1 fully saturated rings. The van der Waals surface area contributed by atoms with Crippen LogP contribution >= 0.6 is 22.6 Å². The van der Waals surface area contributed by atoms with Crippen LogP contribution in [0.1, 0.15) is 36.5 Å². The largest absolute Gasteiger partial charge is 0.349 e. The third kappa shape index (κ3) is 3.23. The van der Waals surface area contributed by atoms with Gasteiger partial charge in [0.2, 0.25) is 0 Å². The number of hydrogen-bond donors (Lipinski definition) is 1. The zero-order valence-electron chi connectivity index (χ0n) is 10.6. The Morgan fingerprint density at radius 3 is 2.74 bits per heavy atom. The van der Waals surface area contributed by atoms with Gasteiger partial charge in [0, 0.05) is 21.7 Å². The SMILES string of the molecule is CC(NC(=O)c1cc([N+](=O)[O-])ccc1I)C1CCC1. The van der Waals surface area contributed by atoms with Crippen molar-refractivity contribution >= 4 is 34.2 Å². The van der Waals surface area contributed by atoms with Crippen molar-refractivity contribution in [2.75, 3.05) is 0 Å². The molecule has 1 aliphatic carbocycles. The van der Waals surface area contributed by atoms with Crippen LogP contribution in [0.5, 0.6) is 0 Å². The summed E-state index contributed by atoms with van der Waals surface area (Å²) in [5.74, 6) is 0.313. The second-order valence-electron chi connectivity index (χ2n) is 4.87. The minimum atomic E-state index is -0.484. The molecule has 1 aromatic carbocycles. The predicted octanol–water partition coefficient (Wildman–Crippen LogP) is 3.12. The van der Waals surface area contributed by atoms with Gasteiger partial charge in [-0.2, -0.15) is 0 Å². The summed E-state index contributed by atoms with van der Waals surface area (Å²) in [6.45, 7) is 1.99. The van der Waals surface area contributed by atoms with Crippen molar-refractivity contribution in [1.82, 2.24) is 5.32 Å². The van der Waals surface area contributed by atoms with Gasteiger partial charge in [-0.05, 0) is 54.3 Å². The van der Waals surface area contributed by atoms with E-state index in [1.165, 1.54) is 18.6 Å². The molecule has 0 aliphatic heterocycles. The van der Waals surface area contributed by atoms with Gasteiger partial charge in [-0.15, -0.1) is 0 Å². The molecule has 0 heterocycles. The van der Waals surface area contributed by atoms with Crippen LogP contribution in [0.25, 0.3) is 0 Å². The molecule has 1 aliphatic rings. The number of carbonyl (C=O) groups excluding carboxylic acids is 1.